The second-order valence-electron chi connectivity index (χ2n) is 5.14. The van der Waals surface area contributed by atoms with Gasteiger partial charge in [-0.15, -0.1) is 0 Å². The van der Waals surface area contributed by atoms with Gasteiger partial charge in [0.2, 0.25) is 0 Å². The summed E-state index contributed by atoms with van der Waals surface area (Å²) in [5.41, 5.74) is 5.84. The van der Waals surface area contributed by atoms with E-state index in [1.807, 2.05) is 60.7 Å². The maximum atomic E-state index is 4.86. The topological polar surface area (TPSA) is 25.8 Å². The van der Waals surface area contributed by atoms with E-state index < -0.39 is 0 Å². The molecule has 0 radical (unpaired) electrons. The lowest BCUT2D eigenvalue weighted by Crippen LogP contribution is -1.95. The van der Waals surface area contributed by atoms with Crippen LogP contribution in [0.1, 0.15) is 0 Å². The summed E-state index contributed by atoms with van der Waals surface area (Å²) in [6.45, 7) is 0. The summed E-state index contributed by atoms with van der Waals surface area (Å²) < 4.78 is 0. The number of fused-ring (bicyclic) bond motifs is 1. The van der Waals surface area contributed by atoms with Crippen molar-refractivity contribution in [2.24, 2.45) is 0 Å². The van der Waals surface area contributed by atoms with Crippen LogP contribution in [-0.4, -0.2) is 9.97 Å². The summed E-state index contributed by atoms with van der Waals surface area (Å²) in [4.78, 5) is 9.72. The van der Waals surface area contributed by atoms with E-state index in [1.165, 1.54) is 0 Å². The molecule has 0 atom stereocenters. The third kappa shape index (κ3) is 2.25. The average molecular weight is 283 g/mol. The van der Waals surface area contributed by atoms with Crippen LogP contribution in [0.3, 0.4) is 0 Å². The Hall–Kier alpha value is -3.00. The highest BCUT2D eigenvalue weighted by molar-refractivity contribution is 5.86. The second kappa shape index (κ2) is 5.41. The zero-order valence-electron chi connectivity index (χ0n) is 12.0. The van der Waals surface area contributed by atoms with Crippen molar-refractivity contribution in [2.75, 3.05) is 0 Å². The van der Waals surface area contributed by atoms with Crippen molar-refractivity contribution in [2.45, 2.75) is 0 Å². The van der Waals surface area contributed by atoms with Gasteiger partial charge in [0.05, 0.1) is 22.4 Å². The Bertz CT molecular complexity index is 838. The van der Waals surface area contributed by atoms with Gasteiger partial charge in [0.1, 0.15) is 0 Å². The minimum absolute atomic E-state index is 0.918. The predicted octanol–water partition coefficient (Wildman–Crippen LogP) is 4.96. The van der Waals surface area contributed by atoms with Crippen LogP contribution in [0.25, 0.3) is 33.5 Å². The maximum absolute atomic E-state index is 4.86. The molecule has 0 amide bonds. The van der Waals surface area contributed by atoms with Gasteiger partial charge >= 0.3 is 0 Å². The molecule has 2 nitrogen and oxygen atoms in total. The summed E-state index contributed by atoms with van der Waals surface area (Å²) in [6.07, 6.45) is 0. The maximum Gasteiger partial charge on any atom is 0.0973 e. The van der Waals surface area contributed by atoms with E-state index in [9.17, 15) is 0 Å². The standard InChI is InChI=1S/C20H14N2/c1-3-9-15(10-4-1)19-20(16-11-5-2-6-12-16)22-18-14-8-7-13-17(18)21-19/h1-14H/i19+1. The van der Waals surface area contributed by atoms with E-state index in [-0.39, 0.29) is 0 Å². The summed E-state index contributed by atoms with van der Waals surface area (Å²) in [5, 5.41) is 0. The summed E-state index contributed by atoms with van der Waals surface area (Å²) in [7, 11) is 0. The molecular formula is C20H14N2. The van der Waals surface area contributed by atoms with Crippen molar-refractivity contribution < 1.29 is 0 Å². The highest BCUT2D eigenvalue weighted by atomic mass is 15.0. The molecule has 2 heteroatoms. The first kappa shape index (κ1) is 12.7. The van der Waals surface area contributed by atoms with E-state index in [4.69, 9.17) is 9.97 Å². The summed E-state index contributed by atoms with van der Waals surface area (Å²) in [6, 6.07) is 28.4. The highest BCUT2D eigenvalue weighted by Gasteiger charge is 2.12. The van der Waals surface area contributed by atoms with Crippen LogP contribution in [0.5, 0.6) is 0 Å². The van der Waals surface area contributed by atoms with Gasteiger partial charge in [-0.1, -0.05) is 72.8 Å². The van der Waals surface area contributed by atoms with E-state index in [0.717, 1.165) is 33.5 Å². The lowest BCUT2D eigenvalue weighted by molar-refractivity contribution is 1.29. The third-order valence-corrected chi connectivity index (χ3v) is 3.66. The molecule has 0 unspecified atom stereocenters. The molecule has 3 aromatic carbocycles. The molecule has 1 aromatic heterocycles. The quantitative estimate of drug-likeness (QED) is 0.519. The molecule has 0 aliphatic heterocycles. The van der Waals surface area contributed by atoms with E-state index in [1.54, 1.807) is 0 Å². The Kier molecular flexibility index (Phi) is 3.13. The minimum atomic E-state index is 0.918. The molecule has 1 heterocycles. The SMILES string of the molecule is c1ccc(-c2nc3ccccc3n[13c]2-c2ccccc2)cc1. The number of hydrogen-bond acceptors (Lipinski definition) is 2. The summed E-state index contributed by atoms with van der Waals surface area (Å²) in [5.74, 6) is 0. The monoisotopic (exact) mass is 283 g/mol. The van der Waals surface area contributed by atoms with E-state index >= 15 is 0 Å². The van der Waals surface area contributed by atoms with Crippen molar-refractivity contribution in [1.82, 2.24) is 9.97 Å². The molecule has 0 aliphatic carbocycles. The number of benzene rings is 3. The van der Waals surface area contributed by atoms with Gasteiger partial charge in [0, 0.05) is 11.1 Å². The first-order valence-corrected chi connectivity index (χ1v) is 7.29. The van der Waals surface area contributed by atoms with Gasteiger partial charge in [-0.05, 0) is 12.1 Å². The van der Waals surface area contributed by atoms with Gasteiger partial charge in [0.15, 0.2) is 0 Å². The normalized spacial score (nSPS) is 10.7. The molecular weight excluding hydrogens is 269 g/mol. The van der Waals surface area contributed by atoms with Gasteiger partial charge < -0.3 is 0 Å². The van der Waals surface area contributed by atoms with Crippen LogP contribution in [0.15, 0.2) is 84.9 Å². The van der Waals surface area contributed by atoms with Crippen LogP contribution < -0.4 is 0 Å². The van der Waals surface area contributed by atoms with Gasteiger partial charge in [-0.3, -0.25) is 0 Å². The number of rotatable bonds is 2. The molecule has 0 bridgehead atoms. The predicted molar refractivity (Wildman–Crippen MR) is 90.4 cm³/mol. The Morgan fingerprint density at radius 2 is 0.773 bits per heavy atom. The molecule has 22 heavy (non-hydrogen) atoms. The minimum Gasteiger partial charge on any atom is -0.244 e. The van der Waals surface area contributed by atoms with Gasteiger partial charge in [-0.2, -0.15) is 0 Å². The summed E-state index contributed by atoms with van der Waals surface area (Å²) >= 11 is 0. The number of nitrogens with zero attached hydrogens (tertiary/aromatic N) is 2. The Balaban J connectivity index is 2.04. The van der Waals surface area contributed by atoms with Crippen molar-refractivity contribution in [3.05, 3.63) is 84.9 Å². The van der Waals surface area contributed by atoms with Crippen molar-refractivity contribution in [1.29, 1.82) is 0 Å². The lowest BCUT2D eigenvalue weighted by Gasteiger charge is -2.10. The molecule has 4 aromatic rings. The Morgan fingerprint density at radius 3 is 1.18 bits per heavy atom. The van der Waals surface area contributed by atoms with Crippen molar-refractivity contribution in [3.8, 4) is 22.5 Å². The number of hydrogen-bond donors (Lipinski definition) is 0. The lowest BCUT2D eigenvalue weighted by atomic mass is 10.1. The van der Waals surface area contributed by atoms with Crippen molar-refractivity contribution >= 4 is 11.0 Å². The molecule has 0 spiro atoms. The number of aromatic nitrogens is 2. The average Bonchev–Trinajstić information content (AvgIpc) is 2.62. The fourth-order valence-corrected chi connectivity index (χ4v) is 2.59. The molecule has 0 saturated carbocycles. The first-order valence-electron chi connectivity index (χ1n) is 7.29. The Morgan fingerprint density at radius 1 is 0.409 bits per heavy atom. The van der Waals surface area contributed by atoms with Crippen LogP contribution in [0.4, 0.5) is 0 Å². The molecule has 4 rings (SSSR count). The smallest absolute Gasteiger partial charge is 0.0973 e. The van der Waals surface area contributed by atoms with E-state index in [2.05, 4.69) is 24.3 Å². The zero-order chi connectivity index (χ0) is 14.8. The molecule has 0 aliphatic rings. The Labute approximate surface area is 129 Å². The van der Waals surface area contributed by atoms with Gasteiger partial charge in [-0.25, -0.2) is 9.97 Å². The van der Waals surface area contributed by atoms with Crippen molar-refractivity contribution in [3.63, 3.8) is 0 Å². The van der Waals surface area contributed by atoms with Crippen LogP contribution in [-0.2, 0) is 0 Å². The molecule has 0 fully saturated rings. The molecule has 104 valence electrons. The molecule has 0 saturated heterocycles. The van der Waals surface area contributed by atoms with Crippen LogP contribution in [0.2, 0.25) is 0 Å². The third-order valence-electron chi connectivity index (χ3n) is 3.66. The fraction of sp³-hybridized carbons (Fsp3) is 0. The largest absolute Gasteiger partial charge is 0.244 e. The fourth-order valence-electron chi connectivity index (χ4n) is 2.59. The number of para-hydroxylation sites is 2. The van der Waals surface area contributed by atoms with Crippen LogP contribution in [0, 0.1) is 0 Å². The molecule has 0 N–H and O–H groups in total. The first-order chi connectivity index (χ1) is 10.9. The van der Waals surface area contributed by atoms with Crippen LogP contribution >= 0.6 is 0 Å². The second-order valence-corrected chi connectivity index (χ2v) is 5.14. The van der Waals surface area contributed by atoms with Gasteiger partial charge in [0.25, 0.3) is 0 Å². The zero-order valence-corrected chi connectivity index (χ0v) is 12.0. The highest BCUT2D eigenvalue weighted by Crippen LogP contribution is 2.30. The van der Waals surface area contributed by atoms with E-state index in [0.29, 0.717) is 0 Å².